The Morgan fingerprint density at radius 3 is 2.68 bits per heavy atom. The van der Waals surface area contributed by atoms with Crippen LogP contribution in [0.3, 0.4) is 0 Å². The fourth-order valence-corrected chi connectivity index (χ4v) is 1.80. The third kappa shape index (κ3) is 6.81. The summed E-state index contributed by atoms with van der Waals surface area (Å²) in [6, 6.07) is 5.19. The maximum absolute atomic E-state index is 11.7. The first kappa shape index (κ1) is 16.3. The minimum absolute atomic E-state index is 0.0495. The van der Waals surface area contributed by atoms with Crippen molar-refractivity contribution < 1.29 is 9.53 Å². The van der Waals surface area contributed by atoms with Crippen LogP contribution in [0, 0.1) is 5.92 Å². The van der Waals surface area contributed by atoms with E-state index in [1.54, 1.807) is 18.2 Å². The molecule has 0 aromatic heterocycles. The quantitative estimate of drug-likeness (QED) is 0.785. The Balaban J connectivity index is 2.25. The van der Waals surface area contributed by atoms with E-state index in [0.717, 1.165) is 5.56 Å². The molecule has 0 spiro atoms. The molecule has 19 heavy (non-hydrogen) atoms. The highest BCUT2D eigenvalue weighted by atomic mass is 35.5. The molecule has 0 atom stereocenters. The number of rotatable bonds is 7. The number of benzene rings is 1. The summed E-state index contributed by atoms with van der Waals surface area (Å²) in [4.78, 5) is 11.7. The first-order valence-electron chi connectivity index (χ1n) is 6.27. The Morgan fingerprint density at radius 1 is 1.32 bits per heavy atom. The van der Waals surface area contributed by atoms with Crippen molar-refractivity contribution in [2.45, 2.75) is 20.3 Å². The Bertz CT molecular complexity index is 422. The third-order valence-corrected chi connectivity index (χ3v) is 3.11. The fourth-order valence-electron chi connectivity index (χ4n) is 1.48. The van der Waals surface area contributed by atoms with Crippen LogP contribution in [0.5, 0.6) is 0 Å². The first-order chi connectivity index (χ1) is 8.99. The summed E-state index contributed by atoms with van der Waals surface area (Å²) in [5, 5.41) is 3.76. The molecule has 0 fully saturated rings. The average molecular weight is 304 g/mol. The van der Waals surface area contributed by atoms with Gasteiger partial charge in [-0.3, -0.25) is 4.79 Å². The van der Waals surface area contributed by atoms with Crippen LogP contribution in [0.25, 0.3) is 0 Å². The second-order valence-electron chi connectivity index (χ2n) is 4.74. The van der Waals surface area contributed by atoms with Crippen LogP contribution in [-0.4, -0.2) is 25.7 Å². The second kappa shape index (κ2) is 8.41. The van der Waals surface area contributed by atoms with Crippen LogP contribution >= 0.6 is 23.2 Å². The van der Waals surface area contributed by atoms with E-state index in [1.807, 2.05) is 0 Å². The highest BCUT2D eigenvalue weighted by Gasteiger charge is 2.05. The molecule has 1 amide bonds. The molecule has 0 saturated carbocycles. The zero-order valence-corrected chi connectivity index (χ0v) is 12.7. The molecule has 0 radical (unpaired) electrons. The number of ether oxygens (including phenoxy) is 1. The van der Waals surface area contributed by atoms with Gasteiger partial charge in [0.1, 0.15) is 0 Å². The van der Waals surface area contributed by atoms with E-state index in [2.05, 4.69) is 19.2 Å². The van der Waals surface area contributed by atoms with Crippen LogP contribution in [0.2, 0.25) is 10.0 Å². The summed E-state index contributed by atoms with van der Waals surface area (Å²) >= 11 is 11.7. The van der Waals surface area contributed by atoms with E-state index in [-0.39, 0.29) is 5.91 Å². The molecular formula is C14H19Cl2NO2. The third-order valence-electron chi connectivity index (χ3n) is 2.37. The Hall–Kier alpha value is -0.770. The molecule has 5 heteroatoms. The van der Waals surface area contributed by atoms with Crippen LogP contribution in [-0.2, 0) is 16.0 Å². The van der Waals surface area contributed by atoms with Gasteiger partial charge in [0.2, 0.25) is 5.91 Å². The van der Waals surface area contributed by atoms with Crippen molar-refractivity contribution in [3.05, 3.63) is 33.8 Å². The molecule has 0 bridgehead atoms. The minimum Gasteiger partial charge on any atom is -0.379 e. The predicted octanol–water partition coefficient (Wildman–Crippen LogP) is 3.32. The van der Waals surface area contributed by atoms with Gasteiger partial charge in [0, 0.05) is 13.2 Å². The minimum atomic E-state index is -0.0495. The maximum Gasteiger partial charge on any atom is 0.224 e. The molecular weight excluding hydrogens is 285 g/mol. The topological polar surface area (TPSA) is 38.3 Å². The molecule has 0 aliphatic heterocycles. The molecule has 0 unspecified atom stereocenters. The van der Waals surface area contributed by atoms with Crippen molar-refractivity contribution in [1.82, 2.24) is 5.32 Å². The number of carbonyl (C=O) groups is 1. The normalized spacial score (nSPS) is 10.8. The van der Waals surface area contributed by atoms with Gasteiger partial charge >= 0.3 is 0 Å². The second-order valence-corrected chi connectivity index (χ2v) is 5.56. The van der Waals surface area contributed by atoms with E-state index in [4.69, 9.17) is 27.9 Å². The van der Waals surface area contributed by atoms with Crippen molar-refractivity contribution >= 4 is 29.1 Å². The van der Waals surface area contributed by atoms with E-state index in [1.165, 1.54) is 0 Å². The first-order valence-corrected chi connectivity index (χ1v) is 7.03. The van der Waals surface area contributed by atoms with Gasteiger partial charge in [-0.05, 0) is 23.6 Å². The Labute approximate surface area is 124 Å². The van der Waals surface area contributed by atoms with E-state index in [9.17, 15) is 4.79 Å². The molecule has 1 rings (SSSR count). The zero-order valence-electron chi connectivity index (χ0n) is 11.2. The van der Waals surface area contributed by atoms with E-state index >= 15 is 0 Å². The summed E-state index contributed by atoms with van der Waals surface area (Å²) in [5.74, 6) is 0.457. The molecule has 0 saturated heterocycles. The molecule has 1 aromatic rings. The van der Waals surface area contributed by atoms with Crippen LogP contribution in [0.15, 0.2) is 18.2 Å². The van der Waals surface area contributed by atoms with Gasteiger partial charge < -0.3 is 10.1 Å². The lowest BCUT2D eigenvalue weighted by atomic mass is 10.1. The van der Waals surface area contributed by atoms with Gasteiger partial charge in [-0.1, -0.05) is 43.1 Å². The van der Waals surface area contributed by atoms with Crippen LogP contribution in [0.4, 0.5) is 0 Å². The smallest absolute Gasteiger partial charge is 0.224 e. The number of nitrogens with one attached hydrogen (secondary N) is 1. The number of hydrogen-bond acceptors (Lipinski definition) is 2. The van der Waals surface area contributed by atoms with Gasteiger partial charge in [0.15, 0.2) is 0 Å². The van der Waals surface area contributed by atoms with E-state index in [0.29, 0.717) is 42.1 Å². The Morgan fingerprint density at radius 2 is 2.05 bits per heavy atom. The zero-order chi connectivity index (χ0) is 14.3. The highest BCUT2D eigenvalue weighted by molar-refractivity contribution is 6.42. The van der Waals surface area contributed by atoms with Gasteiger partial charge in [0.05, 0.1) is 23.1 Å². The van der Waals surface area contributed by atoms with Crippen molar-refractivity contribution in [3.63, 3.8) is 0 Å². The van der Waals surface area contributed by atoms with E-state index < -0.39 is 0 Å². The summed E-state index contributed by atoms with van der Waals surface area (Å²) in [5.41, 5.74) is 0.843. The molecule has 0 heterocycles. The van der Waals surface area contributed by atoms with Crippen LogP contribution < -0.4 is 5.32 Å². The summed E-state index contributed by atoms with van der Waals surface area (Å²) < 4.78 is 5.38. The monoisotopic (exact) mass is 303 g/mol. The summed E-state index contributed by atoms with van der Waals surface area (Å²) in [6.45, 7) is 5.94. The summed E-state index contributed by atoms with van der Waals surface area (Å²) in [6.07, 6.45) is 0.293. The van der Waals surface area contributed by atoms with Crippen molar-refractivity contribution in [2.75, 3.05) is 19.8 Å². The predicted molar refractivity (Wildman–Crippen MR) is 78.8 cm³/mol. The Kier molecular flexibility index (Phi) is 7.21. The molecule has 1 N–H and O–H groups in total. The lowest BCUT2D eigenvalue weighted by Gasteiger charge is -2.08. The van der Waals surface area contributed by atoms with Crippen molar-refractivity contribution in [2.24, 2.45) is 5.92 Å². The molecule has 1 aromatic carbocycles. The average Bonchev–Trinajstić information content (AvgIpc) is 2.33. The van der Waals surface area contributed by atoms with Gasteiger partial charge in [-0.2, -0.15) is 0 Å². The maximum atomic E-state index is 11.7. The lowest BCUT2D eigenvalue weighted by Crippen LogP contribution is -2.29. The molecule has 106 valence electrons. The standard InChI is InChI=1S/C14H19Cl2NO2/c1-10(2)9-19-6-5-17-14(18)8-11-3-4-12(15)13(16)7-11/h3-4,7,10H,5-6,8-9H2,1-2H3,(H,17,18). The number of hydrogen-bond donors (Lipinski definition) is 1. The van der Waals surface area contributed by atoms with Crippen molar-refractivity contribution in [1.29, 1.82) is 0 Å². The lowest BCUT2D eigenvalue weighted by molar-refractivity contribution is -0.120. The SMILES string of the molecule is CC(C)COCCNC(=O)Cc1ccc(Cl)c(Cl)c1. The van der Waals surface area contributed by atoms with Crippen molar-refractivity contribution in [3.8, 4) is 0 Å². The summed E-state index contributed by atoms with van der Waals surface area (Å²) in [7, 11) is 0. The fraction of sp³-hybridized carbons (Fsp3) is 0.500. The largest absolute Gasteiger partial charge is 0.379 e. The van der Waals surface area contributed by atoms with Crippen LogP contribution in [0.1, 0.15) is 19.4 Å². The number of amides is 1. The van der Waals surface area contributed by atoms with Gasteiger partial charge in [-0.25, -0.2) is 0 Å². The highest BCUT2D eigenvalue weighted by Crippen LogP contribution is 2.22. The molecule has 0 aliphatic rings. The number of halogens is 2. The molecule has 0 aliphatic carbocycles. The van der Waals surface area contributed by atoms with Gasteiger partial charge in [0.25, 0.3) is 0 Å². The number of carbonyl (C=O) groups excluding carboxylic acids is 1. The van der Waals surface area contributed by atoms with Gasteiger partial charge in [-0.15, -0.1) is 0 Å². The molecule has 3 nitrogen and oxygen atoms in total.